The Morgan fingerprint density at radius 2 is 1.85 bits per heavy atom. The fourth-order valence-corrected chi connectivity index (χ4v) is 2.57. The van der Waals surface area contributed by atoms with Crippen LogP contribution in [0.25, 0.3) is 0 Å². The Balaban J connectivity index is 1.91. The molecule has 0 heterocycles. The van der Waals surface area contributed by atoms with Gasteiger partial charge in [0.25, 0.3) is 0 Å². The van der Waals surface area contributed by atoms with Gasteiger partial charge in [-0.3, -0.25) is 9.59 Å². The molecule has 0 radical (unpaired) electrons. The molecular formula is C21H23FN2O2. The average Bonchev–Trinajstić information content (AvgIpc) is 2.66. The van der Waals surface area contributed by atoms with E-state index in [9.17, 15) is 14.0 Å². The smallest absolute Gasteiger partial charge is 0.247 e. The molecular weight excluding hydrogens is 331 g/mol. The Labute approximate surface area is 153 Å². The number of hydrogen-bond donors (Lipinski definition) is 1. The molecule has 136 valence electrons. The predicted octanol–water partition coefficient (Wildman–Crippen LogP) is 3.93. The van der Waals surface area contributed by atoms with Gasteiger partial charge in [0.2, 0.25) is 11.8 Å². The maximum atomic E-state index is 13.8. The largest absolute Gasteiger partial charge is 0.339 e. The highest BCUT2D eigenvalue weighted by Crippen LogP contribution is 2.14. The molecule has 0 fully saturated rings. The standard InChI is InChI=1S/C21H23FN2O2/c1-3-20(25)23-18-12-9-16(10-13-18)11-14-21(26)24(4-2)15-17-7-5-6-8-19(17)22/h3,5-10,12-13H,1,4,11,14-15H2,2H3,(H,23,25). The zero-order chi connectivity index (χ0) is 18.9. The second-order valence-corrected chi connectivity index (χ2v) is 5.89. The molecule has 0 unspecified atom stereocenters. The van der Waals surface area contributed by atoms with Gasteiger partial charge in [0.15, 0.2) is 0 Å². The molecule has 5 heteroatoms. The molecule has 0 aliphatic heterocycles. The first kappa shape index (κ1) is 19.4. The van der Waals surface area contributed by atoms with Gasteiger partial charge in [-0.15, -0.1) is 0 Å². The second kappa shape index (κ2) is 9.51. The number of carbonyl (C=O) groups is 2. The summed E-state index contributed by atoms with van der Waals surface area (Å²) in [6.45, 7) is 6.09. The maximum absolute atomic E-state index is 13.8. The van der Waals surface area contributed by atoms with Gasteiger partial charge in [-0.05, 0) is 43.2 Å². The third kappa shape index (κ3) is 5.55. The number of rotatable bonds is 8. The third-order valence-corrected chi connectivity index (χ3v) is 4.09. The van der Waals surface area contributed by atoms with Crippen molar-refractivity contribution in [2.75, 3.05) is 11.9 Å². The Bertz CT molecular complexity index is 772. The molecule has 4 nitrogen and oxygen atoms in total. The topological polar surface area (TPSA) is 49.4 Å². The van der Waals surface area contributed by atoms with Crippen LogP contribution in [-0.2, 0) is 22.6 Å². The van der Waals surface area contributed by atoms with Gasteiger partial charge < -0.3 is 10.2 Å². The van der Waals surface area contributed by atoms with Crippen molar-refractivity contribution in [3.05, 3.63) is 78.1 Å². The van der Waals surface area contributed by atoms with Crippen molar-refractivity contribution in [1.29, 1.82) is 0 Å². The molecule has 1 N–H and O–H groups in total. The second-order valence-electron chi connectivity index (χ2n) is 5.89. The van der Waals surface area contributed by atoms with Crippen molar-refractivity contribution in [2.24, 2.45) is 0 Å². The summed E-state index contributed by atoms with van der Waals surface area (Å²) in [4.78, 5) is 25.4. The van der Waals surface area contributed by atoms with E-state index in [1.54, 1.807) is 35.2 Å². The number of aryl methyl sites for hydroxylation is 1. The molecule has 2 aromatic rings. The van der Waals surface area contributed by atoms with Crippen LogP contribution in [-0.4, -0.2) is 23.3 Å². The number of benzene rings is 2. The van der Waals surface area contributed by atoms with Crippen molar-refractivity contribution in [3.63, 3.8) is 0 Å². The monoisotopic (exact) mass is 354 g/mol. The van der Waals surface area contributed by atoms with Crippen LogP contribution in [0.15, 0.2) is 61.2 Å². The summed E-state index contributed by atoms with van der Waals surface area (Å²) in [5.41, 5.74) is 2.20. The first-order valence-electron chi connectivity index (χ1n) is 8.57. The lowest BCUT2D eigenvalue weighted by Crippen LogP contribution is -2.30. The van der Waals surface area contributed by atoms with E-state index in [1.807, 2.05) is 19.1 Å². The average molecular weight is 354 g/mol. The minimum Gasteiger partial charge on any atom is -0.339 e. The highest BCUT2D eigenvalue weighted by molar-refractivity contribution is 5.98. The zero-order valence-corrected chi connectivity index (χ0v) is 14.9. The van der Waals surface area contributed by atoms with Crippen molar-refractivity contribution < 1.29 is 14.0 Å². The summed E-state index contributed by atoms with van der Waals surface area (Å²) in [5.74, 6) is -0.574. The Hall–Kier alpha value is -2.95. The molecule has 0 atom stereocenters. The van der Waals surface area contributed by atoms with Crippen LogP contribution >= 0.6 is 0 Å². The predicted molar refractivity (Wildman–Crippen MR) is 101 cm³/mol. The normalized spacial score (nSPS) is 10.2. The number of amides is 2. The van der Waals surface area contributed by atoms with E-state index in [4.69, 9.17) is 0 Å². The van der Waals surface area contributed by atoms with Gasteiger partial charge in [-0.2, -0.15) is 0 Å². The Kier molecular flexibility index (Phi) is 7.09. The SMILES string of the molecule is C=CC(=O)Nc1ccc(CCC(=O)N(CC)Cc2ccccc2F)cc1. The van der Waals surface area contributed by atoms with Crippen LogP contribution < -0.4 is 5.32 Å². The summed E-state index contributed by atoms with van der Waals surface area (Å²) < 4.78 is 13.8. The molecule has 26 heavy (non-hydrogen) atoms. The molecule has 0 saturated heterocycles. The van der Waals surface area contributed by atoms with E-state index in [2.05, 4.69) is 11.9 Å². The first-order chi connectivity index (χ1) is 12.5. The molecule has 2 aromatic carbocycles. The van der Waals surface area contributed by atoms with Crippen LogP contribution in [0, 0.1) is 5.82 Å². The van der Waals surface area contributed by atoms with Gasteiger partial charge in [-0.1, -0.05) is 36.9 Å². The lowest BCUT2D eigenvalue weighted by atomic mass is 10.1. The quantitative estimate of drug-likeness (QED) is 0.730. The van der Waals surface area contributed by atoms with Crippen LogP contribution in [0.2, 0.25) is 0 Å². The summed E-state index contributed by atoms with van der Waals surface area (Å²) >= 11 is 0. The van der Waals surface area contributed by atoms with Gasteiger partial charge in [0.1, 0.15) is 5.82 Å². The lowest BCUT2D eigenvalue weighted by molar-refractivity contribution is -0.131. The van der Waals surface area contributed by atoms with Gasteiger partial charge in [0.05, 0.1) is 0 Å². The van der Waals surface area contributed by atoms with Crippen LogP contribution in [0.1, 0.15) is 24.5 Å². The van der Waals surface area contributed by atoms with Crippen molar-refractivity contribution in [1.82, 2.24) is 4.90 Å². The van der Waals surface area contributed by atoms with E-state index in [0.29, 0.717) is 30.6 Å². The number of nitrogens with zero attached hydrogens (tertiary/aromatic N) is 1. The van der Waals surface area contributed by atoms with Gasteiger partial charge in [-0.25, -0.2) is 4.39 Å². The van der Waals surface area contributed by atoms with Crippen molar-refractivity contribution in [2.45, 2.75) is 26.3 Å². The molecule has 0 saturated carbocycles. The molecule has 0 aliphatic carbocycles. The highest BCUT2D eigenvalue weighted by Gasteiger charge is 2.14. The molecule has 0 aromatic heterocycles. The van der Waals surface area contributed by atoms with Crippen LogP contribution in [0.3, 0.4) is 0 Å². The number of halogens is 1. The minimum absolute atomic E-state index is 0.0141. The molecule has 2 amide bonds. The van der Waals surface area contributed by atoms with Crippen molar-refractivity contribution >= 4 is 17.5 Å². The van der Waals surface area contributed by atoms with Crippen LogP contribution in [0.5, 0.6) is 0 Å². The molecule has 0 bridgehead atoms. The molecule has 0 spiro atoms. The zero-order valence-electron chi connectivity index (χ0n) is 14.9. The lowest BCUT2D eigenvalue weighted by Gasteiger charge is -2.21. The molecule has 0 aliphatic rings. The van der Waals surface area contributed by atoms with Gasteiger partial charge in [0, 0.05) is 30.8 Å². The van der Waals surface area contributed by atoms with E-state index >= 15 is 0 Å². The van der Waals surface area contributed by atoms with E-state index in [-0.39, 0.29) is 24.2 Å². The maximum Gasteiger partial charge on any atom is 0.247 e. The minimum atomic E-state index is -0.295. The van der Waals surface area contributed by atoms with E-state index in [0.717, 1.165) is 5.56 Å². The Morgan fingerprint density at radius 1 is 1.15 bits per heavy atom. The fraction of sp³-hybridized carbons (Fsp3) is 0.238. The summed E-state index contributed by atoms with van der Waals surface area (Å²) in [7, 11) is 0. The van der Waals surface area contributed by atoms with E-state index in [1.165, 1.54) is 12.1 Å². The number of nitrogens with one attached hydrogen (secondary N) is 1. The third-order valence-electron chi connectivity index (χ3n) is 4.09. The number of anilines is 1. The summed E-state index contributed by atoms with van der Waals surface area (Å²) in [6.07, 6.45) is 2.14. The Morgan fingerprint density at radius 3 is 2.46 bits per heavy atom. The summed E-state index contributed by atoms with van der Waals surface area (Å²) in [6, 6.07) is 13.8. The van der Waals surface area contributed by atoms with Crippen LogP contribution in [0.4, 0.5) is 10.1 Å². The highest BCUT2D eigenvalue weighted by atomic mass is 19.1. The molecule has 2 rings (SSSR count). The number of hydrogen-bond acceptors (Lipinski definition) is 2. The summed E-state index contributed by atoms with van der Waals surface area (Å²) in [5, 5.41) is 2.68. The van der Waals surface area contributed by atoms with E-state index < -0.39 is 0 Å². The fourth-order valence-electron chi connectivity index (χ4n) is 2.57. The first-order valence-corrected chi connectivity index (χ1v) is 8.57. The van der Waals surface area contributed by atoms with Gasteiger partial charge >= 0.3 is 0 Å². The van der Waals surface area contributed by atoms with Crippen molar-refractivity contribution in [3.8, 4) is 0 Å². The number of carbonyl (C=O) groups excluding carboxylic acids is 2.